The highest BCUT2D eigenvalue weighted by Crippen LogP contribution is 2.33. The number of nitrogens with zero attached hydrogens (tertiary/aromatic N) is 2. The first-order chi connectivity index (χ1) is 12.1. The number of carbonyl (C=O) groups excluding carboxylic acids is 1. The van der Waals surface area contributed by atoms with E-state index < -0.39 is 12.0 Å². The maximum Gasteiger partial charge on any atom is 0.326 e. The minimum atomic E-state index is -0.967. The van der Waals surface area contributed by atoms with Gasteiger partial charge in [0.05, 0.1) is 5.69 Å². The number of hydrogen-bond donors (Lipinski definition) is 2. The molecule has 2 aromatic rings. The molecular formula is C19H21N3O3. The van der Waals surface area contributed by atoms with Gasteiger partial charge >= 0.3 is 5.97 Å². The normalized spacial score (nSPS) is 17.2. The van der Waals surface area contributed by atoms with Crippen LogP contribution in [0.25, 0.3) is 5.69 Å². The molecule has 25 heavy (non-hydrogen) atoms. The van der Waals surface area contributed by atoms with Crippen LogP contribution >= 0.6 is 0 Å². The van der Waals surface area contributed by atoms with Crippen LogP contribution in [0.4, 0.5) is 0 Å². The Morgan fingerprint density at radius 2 is 2.04 bits per heavy atom. The zero-order valence-corrected chi connectivity index (χ0v) is 14.2. The van der Waals surface area contributed by atoms with E-state index in [0.717, 1.165) is 54.6 Å². The first kappa shape index (κ1) is 15.9. The van der Waals surface area contributed by atoms with Crippen LogP contribution in [-0.2, 0) is 17.6 Å². The minimum Gasteiger partial charge on any atom is -0.480 e. The molecule has 2 aliphatic carbocycles. The molecule has 0 aliphatic heterocycles. The van der Waals surface area contributed by atoms with E-state index in [0.29, 0.717) is 5.69 Å². The Hall–Kier alpha value is -2.63. The second-order valence-electron chi connectivity index (χ2n) is 6.95. The maximum atomic E-state index is 12.7. The predicted octanol–water partition coefficient (Wildman–Crippen LogP) is 2.26. The van der Waals surface area contributed by atoms with Crippen molar-refractivity contribution in [1.29, 1.82) is 0 Å². The number of aliphatic carboxylic acids is 1. The summed E-state index contributed by atoms with van der Waals surface area (Å²) >= 11 is 0. The molecule has 0 spiro atoms. The second-order valence-corrected chi connectivity index (χ2v) is 6.95. The summed E-state index contributed by atoms with van der Waals surface area (Å²) in [5.74, 6) is -1.29. The van der Waals surface area contributed by atoms with E-state index in [2.05, 4.69) is 10.4 Å². The zero-order valence-electron chi connectivity index (χ0n) is 14.2. The van der Waals surface area contributed by atoms with E-state index in [1.165, 1.54) is 0 Å². The molecule has 1 amide bonds. The summed E-state index contributed by atoms with van der Waals surface area (Å²) in [4.78, 5) is 24.1. The van der Waals surface area contributed by atoms with Crippen LogP contribution in [0.3, 0.4) is 0 Å². The van der Waals surface area contributed by atoms with Gasteiger partial charge in [0.15, 0.2) is 5.69 Å². The van der Waals surface area contributed by atoms with E-state index in [9.17, 15) is 14.7 Å². The number of nitrogens with one attached hydrogen (secondary N) is 1. The van der Waals surface area contributed by atoms with Gasteiger partial charge in [0.25, 0.3) is 5.91 Å². The number of amides is 1. The summed E-state index contributed by atoms with van der Waals surface area (Å²) in [6.07, 6.45) is 4.39. The maximum absolute atomic E-state index is 12.7. The third-order valence-corrected chi connectivity index (χ3v) is 5.13. The Labute approximate surface area is 145 Å². The van der Waals surface area contributed by atoms with Gasteiger partial charge in [0.2, 0.25) is 0 Å². The van der Waals surface area contributed by atoms with Gasteiger partial charge in [-0.2, -0.15) is 5.10 Å². The van der Waals surface area contributed by atoms with Crippen molar-refractivity contribution in [3.05, 3.63) is 46.8 Å². The van der Waals surface area contributed by atoms with Crippen LogP contribution in [0.1, 0.15) is 46.6 Å². The SMILES string of the molecule is Cc1ccccc1-n1nc(C(=O)NC(C(=O)O)C2CC2)c2c1CCC2. The van der Waals surface area contributed by atoms with Crippen LogP contribution in [0.5, 0.6) is 0 Å². The van der Waals surface area contributed by atoms with Gasteiger partial charge in [0.1, 0.15) is 6.04 Å². The Bertz CT molecular complexity index is 852. The van der Waals surface area contributed by atoms with E-state index in [1.54, 1.807) is 0 Å². The average Bonchev–Trinajstić information content (AvgIpc) is 3.19. The van der Waals surface area contributed by atoms with Crippen molar-refractivity contribution >= 4 is 11.9 Å². The second kappa shape index (κ2) is 6.02. The monoisotopic (exact) mass is 339 g/mol. The number of aryl methyl sites for hydroxylation is 1. The first-order valence-electron chi connectivity index (χ1n) is 8.76. The van der Waals surface area contributed by atoms with Crippen LogP contribution in [0, 0.1) is 12.8 Å². The van der Waals surface area contributed by atoms with Crippen LogP contribution < -0.4 is 5.32 Å². The third-order valence-electron chi connectivity index (χ3n) is 5.13. The molecule has 1 fully saturated rings. The van der Waals surface area contributed by atoms with Crippen molar-refractivity contribution in [1.82, 2.24) is 15.1 Å². The lowest BCUT2D eigenvalue weighted by Crippen LogP contribution is -2.42. The minimum absolute atomic E-state index is 0.0490. The van der Waals surface area contributed by atoms with Crippen molar-refractivity contribution in [2.75, 3.05) is 0 Å². The average molecular weight is 339 g/mol. The fourth-order valence-corrected chi connectivity index (χ4v) is 3.64. The topological polar surface area (TPSA) is 84.2 Å². The van der Waals surface area contributed by atoms with Crippen molar-refractivity contribution in [3.8, 4) is 5.69 Å². The fourth-order valence-electron chi connectivity index (χ4n) is 3.64. The van der Waals surface area contributed by atoms with Gasteiger partial charge < -0.3 is 10.4 Å². The summed E-state index contributed by atoms with van der Waals surface area (Å²) in [6.45, 7) is 2.02. The molecule has 1 atom stereocenters. The molecule has 0 bridgehead atoms. The molecule has 0 saturated heterocycles. The van der Waals surface area contributed by atoms with Gasteiger partial charge in [-0.25, -0.2) is 9.48 Å². The van der Waals surface area contributed by atoms with Crippen molar-refractivity contribution in [2.45, 2.75) is 45.1 Å². The Kier molecular flexibility index (Phi) is 3.82. The molecule has 2 N–H and O–H groups in total. The van der Waals surface area contributed by atoms with Gasteiger partial charge in [-0.1, -0.05) is 18.2 Å². The first-order valence-corrected chi connectivity index (χ1v) is 8.76. The Morgan fingerprint density at radius 1 is 1.28 bits per heavy atom. The van der Waals surface area contributed by atoms with E-state index >= 15 is 0 Å². The lowest BCUT2D eigenvalue weighted by molar-refractivity contribution is -0.139. The van der Waals surface area contributed by atoms with Crippen molar-refractivity contribution in [3.63, 3.8) is 0 Å². The van der Waals surface area contributed by atoms with Crippen molar-refractivity contribution < 1.29 is 14.7 Å². The standard InChI is InChI=1S/C19H21N3O3/c1-11-5-2-3-7-14(11)22-15-8-4-6-13(15)17(21-22)18(23)20-16(19(24)25)12-9-10-12/h2-3,5,7,12,16H,4,6,8-10H2,1H3,(H,20,23)(H,24,25). The van der Waals surface area contributed by atoms with Gasteiger partial charge in [0, 0.05) is 11.3 Å². The molecule has 6 heteroatoms. The van der Waals surface area contributed by atoms with Crippen LogP contribution in [0.2, 0.25) is 0 Å². The largest absolute Gasteiger partial charge is 0.480 e. The molecule has 2 aliphatic rings. The number of carboxylic acid groups (broad SMARTS) is 1. The van der Waals surface area contributed by atoms with Gasteiger partial charge in [-0.15, -0.1) is 0 Å². The number of para-hydroxylation sites is 1. The predicted molar refractivity (Wildman–Crippen MR) is 91.9 cm³/mol. The molecule has 1 aromatic carbocycles. The number of carboxylic acids is 1. The highest BCUT2D eigenvalue weighted by molar-refractivity contribution is 5.96. The number of hydrogen-bond acceptors (Lipinski definition) is 3. The molecule has 1 unspecified atom stereocenters. The molecule has 1 saturated carbocycles. The smallest absolute Gasteiger partial charge is 0.326 e. The molecule has 1 heterocycles. The highest BCUT2D eigenvalue weighted by atomic mass is 16.4. The Morgan fingerprint density at radius 3 is 2.72 bits per heavy atom. The number of carbonyl (C=O) groups is 2. The lowest BCUT2D eigenvalue weighted by Gasteiger charge is -2.13. The zero-order chi connectivity index (χ0) is 17.6. The molecule has 1 aromatic heterocycles. The molecular weight excluding hydrogens is 318 g/mol. The summed E-state index contributed by atoms with van der Waals surface area (Å²) < 4.78 is 1.86. The quantitative estimate of drug-likeness (QED) is 0.875. The van der Waals surface area contributed by atoms with E-state index in [1.807, 2.05) is 35.9 Å². The number of fused-ring (bicyclic) bond motifs is 1. The summed E-state index contributed by atoms with van der Waals surface area (Å²) in [5, 5.41) is 16.6. The van der Waals surface area contributed by atoms with E-state index in [-0.39, 0.29) is 11.8 Å². The molecule has 0 radical (unpaired) electrons. The number of rotatable bonds is 5. The summed E-state index contributed by atoms with van der Waals surface area (Å²) in [5.41, 5.74) is 4.46. The molecule has 130 valence electrons. The number of benzene rings is 1. The number of aromatic nitrogens is 2. The van der Waals surface area contributed by atoms with E-state index in [4.69, 9.17) is 0 Å². The lowest BCUT2D eigenvalue weighted by atomic mass is 10.1. The van der Waals surface area contributed by atoms with Gasteiger partial charge in [-0.3, -0.25) is 4.79 Å². The van der Waals surface area contributed by atoms with Crippen molar-refractivity contribution in [2.24, 2.45) is 5.92 Å². The highest BCUT2D eigenvalue weighted by Gasteiger charge is 2.38. The fraction of sp³-hybridized carbons (Fsp3) is 0.421. The summed E-state index contributed by atoms with van der Waals surface area (Å²) in [6, 6.07) is 7.13. The molecule has 4 rings (SSSR count). The van der Waals surface area contributed by atoms with Crippen LogP contribution in [0.15, 0.2) is 24.3 Å². The Balaban J connectivity index is 1.69. The van der Waals surface area contributed by atoms with Crippen LogP contribution in [-0.4, -0.2) is 32.8 Å². The third kappa shape index (κ3) is 2.81. The summed E-state index contributed by atoms with van der Waals surface area (Å²) in [7, 11) is 0. The van der Waals surface area contributed by atoms with Gasteiger partial charge in [-0.05, 0) is 56.6 Å². The molecule has 6 nitrogen and oxygen atoms in total.